The van der Waals surface area contributed by atoms with E-state index >= 15 is 0 Å². The highest BCUT2D eigenvalue weighted by molar-refractivity contribution is 5.95. The van der Waals surface area contributed by atoms with Crippen LogP contribution in [-0.2, 0) is 4.74 Å². The lowest BCUT2D eigenvalue weighted by Crippen LogP contribution is -2.32. The van der Waals surface area contributed by atoms with Gasteiger partial charge >= 0.3 is 6.09 Å². The van der Waals surface area contributed by atoms with Crippen molar-refractivity contribution < 1.29 is 14.3 Å². The van der Waals surface area contributed by atoms with Gasteiger partial charge in [-0.15, -0.1) is 0 Å². The number of carbonyl (C=O) groups is 2. The van der Waals surface area contributed by atoms with E-state index in [1.165, 1.54) is 37.6 Å². The zero-order chi connectivity index (χ0) is 24.8. The summed E-state index contributed by atoms with van der Waals surface area (Å²) in [6, 6.07) is 15.9. The molecule has 1 saturated carbocycles. The number of ether oxygens (including phenoxy) is 1. The first-order valence-electron chi connectivity index (χ1n) is 12.8. The number of rotatable bonds is 8. The zero-order valence-electron chi connectivity index (χ0n) is 21.2. The van der Waals surface area contributed by atoms with Crippen LogP contribution in [0.3, 0.4) is 0 Å². The van der Waals surface area contributed by atoms with Gasteiger partial charge in [0, 0.05) is 44.0 Å². The molecule has 6 nitrogen and oxygen atoms in total. The Bertz CT molecular complexity index is 1060. The van der Waals surface area contributed by atoms with Crippen LogP contribution >= 0.6 is 0 Å². The summed E-state index contributed by atoms with van der Waals surface area (Å²) in [5.74, 6) is 0.963. The van der Waals surface area contributed by atoms with Gasteiger partial charge in [0.2, 0.25) is 0 Å². The standard InChI is InChI=1S/C29H37N3O3/c1-4-32(5-2)28(33)24-13-11-22(12-14-24)27(23-15-17-31(18-16-23)20-21-9-10-21)25-7-6-8-26(19-25)30-29(34)35-3/h6-8,11-14,19,21H,4-5,9-10,15-18,20H2,1-3H3,(H,30,34). The van der Waals surface area contributed by atoms with Crippen LogP contribution in [0.4, 0.5) is 10.5 Å². The molecule has 2 aromatic rings. The van der Waals surface area contributed by atoms with Gasteiger partial charge in [-0.2, -0.15) is 0 Å². The molecule has 1 heterocycles. The van der Waals surface area contributed by atoms with Crippen LogP contribution in [0.1, 0.15) is 61.0 Å². The fourth-order valence-corrected chi connectivity index (χ4v) is 4.89. The van der Waals surface area contributed by atoms with Crippen LogP contribution in [0.25, 0.3) is 5.57 Å². The van der Waals surface area contributed by atoms with Crippen LogP contribution in [0, 0.1) is 5.92 Å². The lowest BCUT2D eigenvalue weighted by atomic mass is 9.87. The van der Waals surface area contributed by atoms with Crippen molar-refractivity contribution in [1.29, 1.82) is 0 Å². The Labute approximate surface area is 208 Å². The van der Waals surface area contributed by atoms with E-state index in [1.807, 2.05) is 49.1 Å². The van der Waals surface area contributed by atoms with E-state index in [0.717, 1.165) is 43.0 Å². The molecule has 0 aromatic heterocycles. The summed E-state index contributed by atoms with van der Waals surface area (Å²) in [5.41, 5.74) is 6.20. The maximum atomic E-state index is 12.8. The lowest BCUT2D eigenvalue weighted by molar-refractivity contribution is 0.0773. The number of hydrogen-bond acceptors (Lipinski definition) is 4. The second-order valence-electron chi connectivity index (χ2n) is 9.47. The monoisotopic (exact) mass is 475 g/mol. The van der Waals surface area contributed by atoms with Gasteiger partial charge in [0.15, 0.2) is 0 Å². The van der Waals surface area contributed by atoms with E-state index in [4.69, 9.17) is 4.74 Å². The maximum Gasteiger partial charge on any atom is 0.411 e. The molecular formula is C29H37N3O3. The summed E-state index contributed by atoms with van der Waals surface area (Å²) in [4.78, 5) is 29.0. The molecule has 4 rings (SSSR count). The molecule has 0 bridgehead atoms. The number of benzene rings is 2. The van der Waals surface area contributed by atoms with Crippen LogP contribution in [-0.4, -0.2) is 61.6 Å². The Hall–Kier alpha value is -3.12. The van der Waals surface area contributed by atoms with Crippen LogP contribution in [0.5, 0.6) is 0 Å². The fourth-order valence-electron chi connectivity index (χ4n) is 4.89. The van der Waals surface area contributed by atoms with Crippen molar-refractivity contribution in [2.24, 2.45) is 5.92 Å². The van der Waals surface area contributed by atoms with Gasteiger partial charge < -0.3 is 14.5 Å². The summed E-state index contributed by atoms with van der Waals surface area (Å²) in [5, 5.41) is 2.78. The molecule has 186 valence electrons. The topological polar surface area (TPSA) is 61.9 Å². The number of nitrogens with one attached hydrogen (secondary N) is 1. The number of carbonyl (C=O) groups excluding carboxylic acids is 2. The summed E-state index contributed by atoms with van der Waals surface area (Å²) >= 11 is 0. The summed E-state index contributed by atoms with van der Waals surface area (Å²) in [6.07, 6.45) is 4.32. The predicted octanol–water partition coefficient (Wildman–Crippen LogP) is 5.65. The Morgan fingerprint density at radius 1 is 0.971 bits per heavy atom. The van der Waals surface area contributed by atoms with Gasteiger partial charge in [0.05, 0.1) is 7.11 Å². The number of anilines is 1. The van der Waals surface area contributed by atoms with Crippen molar-refractivity contribution in [2.45, 2.75) is 39.5 Å². The first-order chi connectivity index (χ1) is 17.0. The second kappa shape index (κ2) is 11.5. The molecule has 1 aliphatic carbocycles. The predicted molar refractivity (Wildman–Crippen MR) is 141 cm³/mol. The minimum absolute atomic E-state index is 0.0633. The van der Waals surface area contributed by atoms with Crippen LogP contribution in [0.2, 0.25) is 0 Å². The molecule has 0 unspecified atom stereocenters. The minimum Gasteiger partial charge on any atom is -0.453 e. The summed E-state index contributed by atoms with van der Waals surface area (Å²) < 4.78 is 4.77. The summed E-state index contributed by atoms with van der Waals surface area (Å²) in [6.45, 7) is 8.78. The Balaban J connectivity index is 1.65. The van der Waals surface area contributed by atoms with Crippen molar-refractivity contribution in [2.75, 3.05) is 45.2 Å². The van der Waals surface area contributed by atoms with E-state index in [0.29, 0.717) is 24.3 Å². The molecule has 2 aromatic carbocycles. The van der Waals surface area contributed by atoms with Crippen molar-refractivity contribution in [3.63, 3.8) is 0 Å². The molecule has 35 heavy (non-hydrogen) atoms. The Kier molecular flexibility index (Phi) is 8.24. The quantitative estimate of drug-likeness (QED) is 0.536. The van der Waals surface area contributed by atoms with Crippen molar-refractivity contribution >= 4 is 23.3 Å². The molecule has 1 aliphatic heterocycles. The van der Waals surface area contributed by atoms with Crippen LogP contribution in [0.15, 0.2) is 54.1 Å². The third kappa shape index (κ3) is 6.31. The van der Waals surface area contributed by atoms with Gasteiger partial charge in [0.25, 0.3) is 5.91 Å². The molecule has 2 amide bonds. The average Bonchev–Trinajstić information content (AvgIpc) is 3.70. The third-order valence-electron chi connectivity index (χ3n) is 7.08. The number of nitrogens with zero attached hydrogens (tertiary/aromatic N) is 2. The smallest absolute Gasteiger partial charge is 0.411 e. The highest BCUT2D eigenvalue weighted by Gasteiger charge is 2.27. The van der Waals surface area contributed by atoms with Gasteiger partial charge in [-0.05, 0) is 86.4 Å². The molecule has 2 fully saturated rings. The normalized spacial score (nSPS) is 16.0. The summed E-state index contributed by atoms with van der Waals surface area (Å²) in [7, 11) is 1.36. The molecule has 1 saturated heterocycles. The highest BCUT2D eigenvalue weighted by Crippen LogP contribution is 2.35. The number of piperidine rings is 1. The molecule has 0 spiro atoms. The Morgan fingerprint density at radius 2 is 1.63 bits per heavy atom. The number of hydrogen-bond donors (Lipinski definition) is 1. The average molecular weight is 476 g/mol. The first-order valence-corrected chi connectivity index (χ1v) is 12.8. The van der Waals surface area contributed by atoms with Crippen molar-refractivity contribution in [3.05, 3.63) is 70.8 Å². The van der Waals surface area contributed by atoms with Crippen molar-refractivity contribution in [1.82, 2.24) is 9.80 Å². The zero-order valence-corrected chi connectivity index (χ0v) is 21.2. The number of likely N-dealkylation sites (tertiary alicyclic amines) is 1. The number of amides is 2. The molecule has 6 heteroatoms. The molecule has 1 N–H and O–H groups in total. The second-order valence-corrected chi connectivity index (χ2v) is 9.47. The molecule has 0 radical (unpaired) electrons. The van der Waals surface area contributed by atoms with Crippen LogP contribution < -0.4 is 5.32 Å². The van der Waals surface area contributed by atoms with E-state index in [1.54, 1.807) is 0 Å². The van der Waals surface area contributed by atoms with E-state index < -0.39 is 6.09 Å². The van der Waals surface area contributed by atoms with Crippen molar-refractivity contribution in [3.8, 4) is 0 Å². The molecule has 2 aliphatic rings. The lowest BCUT2D eigenvalue weighted by Gasteiger charge is -2.30. The third-order valence-corrected chi connectivity index (χ3v) is 7.08. The minimum atomic E-state index is -0.482. The SMILES string of the molecule is CCN(CC)C(=O)c1ccc(C(=C2CCN(CC3CC3)CC2)c2cccc(NC(=O)OC)c2)cc1. The molecule has 0 atom stereocenters. The first kappa shape index (κ1) is 25.0. The van der Waals surface area contributed by atoms with Gasteiger partial charge in [-0.3, -0.25) is 10.1 Å². The largest absolute Gasteiger partial charge is 0.453 e. The van der Waals surface area contributed by atoms with Gasteiger partial charge in [-0.25, -0.2) is 4.79 Å². The van der Waals surface area contributed by atoms with Gasteiger partial charge in [0.1, 0.15) is 0 Å². The Morgan fingerprint density at radius 3 is 2.23 bits per heavy atom. The fraction of sp³-hybridized carbons (Fsp3) is 0.448. The molecular weight excluding hydrogens is 438 g/mol. The van der Waals surface area contributed by atoms with E-state index in [-0.39, 0.29) is 5.91 Å². The van der Waals surface area contributed by atoms with E-state index in [9.17, 15) is 9.59 Å². The van der Waals surface area contributed by atoms with Gasteiger partial charge in [-0.1, -0.05) is 29.8 Å². The number of methoxy groups -OCH3 is 1. The highest BCUT2D eigenvalue weighted by atomic mass is 16.5. The maximum absolute atomic E-state index is 12.8. The van der Waals surface area contributed by atoms with E-state index in [2.05, 4.69) is 28.4 Å².